The molecule has 1 aromatic heterocycles. The highest BCUT2D eigenvalue weighted by Gasteiger charge is 2.19. The van der Waals surface area contributed by atoms with Gasteiger partial charge in [0.15, 0.2) is 11.5 Å². The Labute approximate surface area is 177 Å². The van der Waals surface area contributed by atoms with Crippen molar-refractivity contribution in [1.29, 1.82) is 0 Å². The van der Waals surface area contributed by atoms with Crippen LogP contribution in [-0.4, -0.2) is 76.8 Å². The summed E-state index contributed by atoms with van der Waals surface area (Å²) in [6.07, 6.45) is 2.50. The largest absolute Gasteiger partial charge is 0.493 e. The van der Waals surface area contributed by atoms with E-state index < -0.39 is 10.2 Å². The highest BCUT2D eigenvalue weighted by molar-refractivity contribution is 7.87. The van der Waals surface area contributed by atoms with Crippen LogP contribution in [0.3, 0.4) is 0 Å². The van der Waals surface area contributed by atoms with Crippen LogP contribution in [0.2, 0.25) is 0 Å². The maximum atomic E-state index is 11.0. The van der Waals surface area contributed by atoms with Crippen molar-refractivity contribution in [2.75, 3.05) is 58.4 Å². The SMILES string of the molecule is COc1cc2ncnc(N3CCCN(CCNS(N)(=O)=O)CC3)c2cc1OC.Cl. The lowest BCUT2D eigenvalue weighted by Crippen LogP contribution is -2.39. The van der Waals surface area contributed by atoms with Crippen LogP contribution < -0.4 is 24.2 Å². The molecule has 3 rings (SSSR count). The average molecular weight is 447 g/mol. The van der Waals surface area contributed by atoms with Crippen molar-refractivity contribution in [2.24, 2.45) is 5.14 Å². The van der Waals surface area contributed by atoms with Crippen LogP contribution in [0.5, 0.6) is 11.5 Å². The number of fused-ring (bicyclic) bond motifs is 1. The molecule has 2 heterocycles. The van der Waals surface area contributed by atoms with Crippen molar-refractivity contribution in [3.8, 4) is 11.5 Å². The molecule has 1 aromatic carbocycles. The van der Waals surface area contributed by atoms with Gasteiger partial charge in [-0.15, -0.1) is 12.4 Å². The zero-order valence-electron chi connectivity index (χ0n) is 16.5. The molecule has 0 aliphatic carbocycles. The number of hydrogen-bond acceptors (Lipinski definition) is 8. The van der Waals surface area contributed by atoms with Crippen LogP contribution in [0.15, 0.2) is 18.5 Å². The van der Waals surface area contributed by atoms with Gasteiger partial charge in [-0.05, 0) is 19.0 Å². The van der Waals surface area contributed by atoms with E-state index in [0.29, 0.717) is 24.6 Å². The van der Waals surface area contributed by atoms with E-state index in [9.17, 15) is 8.42 Å². The summed E-state index contributed by atoms with van der Waals surface area (Å²) in [7, 11) is -0.450. The van der Waals surface area contributed by atoms with Gasteiger partial charge in [0.2, 0.25) is 0 Å². The van der Waals surface area contributed by atoms with Crippen LogP contribution in [0.25, 0.3) is 10.9 Å². The van der Waals surface area contributed by atoms with Gasteiger partial charge in [-0.2, -0.15) is 8.42 Å². The summed E-state index contributed by atoms with van der Waals surface area (Å²) < 4.78 is 35.1. The average Bonchev–Trinajstić information content (AvgIpc) is 2.91. The fourth-order valence-electron chi connectivity index (χ4n) is 3.37. The zero-order chi connectivity index (χ0) is 20.1. The van der Waals surface area contributed by atoms with Crippen molar-refractivity contribution in [1.82, 2.24) is 19.6 Å². The normalized spacial score (nSPS) is 15.6. The molecule has 1 aliphatic heterocycles. The summed E-state index contributed by atoms with van der Waals surface area (Å²) in [4.78, 5) is 13.3. The number of halogens is 1. The molecule has 1 fully saturated rings. The summed E-state index contributed by atoms with van der Waals surface area (Å²) in [5, 5.41) is 5.89. The molecule has 10 nitrogen and oxygen atoms in total. The van der Waals surface area contributed by atoms with Crippen LogP contribution in [0.4, 0.5) is 5.82 Å². The first-order valence-electron chi connectivity index (χ1n) is 9.02. The predicted molar refractivity (Wildman–Crippen MR) is 114 cm³/mol. The Hall–Kier alpha value is -1.92. The maximum Gasteiger partial charge on any atom is 0.274 e. The second-order valence-corrected chi connectivity index (χ2v) is 7.92. The van der Waals surface area contributed by atoms with Crippen LogP contribution in [0, 0.1) is 0 Å². The molecule has 12 heteroatoms. The molecule has 0 saturated carbocycles. The van der Waals surface area contributed by atoms with Gasteiger partial charge in [0.05, 0.1) is 19.7 Å². The number of nitrogens with two attached hydrogens (primary N) is 1. The summed E-state index contributed by atoms with van der Waals surface area (Å²) >= 11 is 0. The Balaban J connectivity index is 0.00000300. The monoisotopic (exact) mass is 446 g/mol. The molecule has 3 N–H and O–H groups in total. The van der Waals surface area contributed by atoms with Crippen molar-refractivity contribution < 1.29 is 17.9 Å². The number of hydrogen-bond donors (Lipinski definition) is 2. The first-order valence-corrected chi connectivity index (χ1v) is 10.6. The molecule has 0 bridgehead atoms. The second-order valence-electron chi connectivity index (χ2n) is 6.54. The molecule has 162 valence electrons. The lowest BCUT2D eigenvalue weighted by Gasteiger charge is -2.24. The standard InChI is InChI=1S/C17H26N6O4S.ClH/c1-26-15-10-13-14(11-16(15)27-2)19-12-20-17(13)23-6-3-5-22(8-9-23)7-4-21-28(18,24)25;/h10-12,21H,3-9H2,1-2H3,(H2,18,24,25);1H. The molecule has 1 aliphatic rings. The van der Waals surface area contributed by atoms with Crippen molar-refractivity contribution in [3.05, 3.63) is 18.5 Å². The molecule has 29 heavy (non-hydrogen) atoms. The Morgan fingerprint density at radius 1 is 1.10 bits per heavy atom. The van der Waals surface area contributed by atoms with E-state index in [4.69, 9.17) is 14.6 Å². The van der Waals surface area contributed by atoms with Crippen molar-refractivity contribution in [3.63, 3.8) is 0 Å². The van der Waals surface area contributed by atoms with Crippen molar-refractivity contribution in [2.45, 2.75) is 6.42 Å². The third kappa shape index (κ3) is 6.03. The number of methoxy groups -OCH3 is 2. The van der Waals surface area contributed by atoms with Gasteiger partial charge in [-0.3, -0.25) is 0 Å². The smallest absolute Gasteiger partial charge is 0.274 e. The van der Waals surface area contributed by atoms with Crippen LogP contribution in [0.1, 0.15) is 6.42 Å². The first-order chi connectivity index (χ1) is 13.4. The molecule has 1 saturated heterocycles. The Morgan fingerprint density at radius 2 is 1.83 bits per heavy atom. The van der Waals surface area contributed by atoms with Gasteiger partial charge in [0.1, 0.15) is 12.1 Å². The predicted octanol–water partition coefficient (Wildman–Crippen LogP) is 0.374. The number of rotatable bonds is 7. The van der Waals surface area contributed by atoms with Gasteiger partial charge in [-0.25, -0.2) is 19.8 Å². The first kappa shape index (κ1) is 23.4. The Kier molecular flexibility index (Phi) is 8.23. The highest BCUT2D eigenvalue weighted by atomic mass is 35.5. The number of nitrogens with zero attached hydrogens (tertiary/aromatic N) is 4. The van der Waals surface area contributed by atoms with Crippen LogP contribution >= 0.6 is 12.4 Å². The number of benzene rings is 1. The lowest BCUT2D eigenvalue weighted by molar-refractivity contribution is 0.298. The van der Waals surface area contributed by atoms with Gasteiger partial charge >= 0.3 is 0 Å². The molecule has 0 spiro atoms. The van der Waals surface area contributed by atoms with Gasteiger partial charge in [0.25, 0.3) is 10.2 Å². The van der Waals surface area contributed by atoms with Gasteiger partial charge in [0, 0.05) is 44.2 Å². The lowest BCUT2D eigenvalue weighted by atomic mass is 10.2. The zero-order valence-corrected chi connectivity index (χ0v) is 18.1. The van der Waals surface area contributed by atoms with E-state index in [1.54, 1.807) is 20.5 Å². The molecular formula is C17H27ClN6O4S. The van der Waals surface area contributed by atoms with E-state index in [1.807, 2.05) is 12.1 Å². The molecule has 0 radical (unpaired) electrons. The molecule has 0 amide bonds. The van der Waals surface area contributed by atoms with Crippen LogP contribution in [-0.2, 0) is 10.2 Å². The summed E-state index contributed by atoms with van der Waals surface area (Å²) in [5.41, 5.74) is 0.793. The van der Waals surface area contributed by atoms with E-state index in [2.05, 4.69) is 24.5 Å². The van der Waals surface area contributed by atoms with E-state index >= 15 is 0 Å². The third-order valence-electron chi connectivity index (χ3n) is 4.74. The number of anilines is 1. The van der Waals surface area contributed by atoms with E-state index in [1.165, 1.54) is 0 Å². The van der Waals surface area contributed by atoms with Crippen molar-refractivity contribution >= 4 is 39.3 Å². The minimum absolute atomic E-state index is 0. The maximum absolute atomic E-state index is 11.0. The molecule has 2 aromatic rings. The number of aromatic nitrogens is 2. The Bertz CT molecular complexity index is 930. The highest BCUT2D eigenvalue weighted by Crippen LogP contribution is 2.34. The second kappa shape index (κ2) is 10.2. The summed E-state index contributed by atoms with van der Waals surface area (Å²) in [6, 6.07) is 3.75. The van der Waals surface area contributed by atoms with E-state index in [0.717, 1.165) is 49.3 Å². The molecule has 0 atom stereocenters. The molecular weight excluding hydrogens is 420 g/mol. The fraction of sp³-hybridized carbons (Fsp3) is 0.529. The number of ether oxygens (including phenoxy) is 2. The topological polar surface area (TPSA) is 123 Å². The number of nitrogens with one attached hydrogen (secondary N) is 1. The quantitative estimate of drug-likeness (QED) is 0.625. The summed E-state index contributed by atoms with van der Waals surface area (Å²) in [6.45, 7) is 4.20. The molecule has 0 unspecified atom stereocenters. The minimum Gasteiger partial charge on any atom is -0.493 e. The third-order valence-corrected chi connectivity index (χ3v) is 5.35. The summed E-state index contributed by atoms with van der Waals surface area (Å²) in [5.74, 6) is 2.12. The minimum atomic E-state index is -3.65. The van der Waals surface area contributed by atoms with Gasteiger partial charge in [-0.1, -0.05) is 0 Å². The fourth-order valence-corrected chi connectivity index (χ4v) is 3.75. The Morgan fingerprint density at radius 3 is 2.52 bits per heavy atom. The van der Waals surface area contributed by atoms with E-state index in [-0.39, 0.29) is 12.4 Å². The van der Waals surface area contributed by atoms with Gasteiger partial charge < -0.3 is 19.3 Å².